The van der Waals surface area contributed by atoms with E-state index in [1.807, 2.05) is 30.5 Å². The summed E-state index contributed by atoms with van der Waals surface area (Å²) in [6.07, 6.45) is 6.31. The van der Waals surface area contributed by atoms with Gasteiger partial charge in [-0.3, -0.25) is 4.90 Å². The minimum atomic E-state index is 0.506. The summed E-state index contributed by atoms with van der Waals surface area (Å²) in [6, 6.07) is 9.92. The monoisotopic (exact) mass is 476 g/mol. The lowest BCUT2D eigenvalue weighted by molar-refractivity contribution is 0.222. The highest BCUT2D eigenvalue weighted by atomic mass is 16.5. The number of rotatable bonds is 9. The molecule has 0 bridgehead atoms. The molecule has 0 saturated carbocycles. The van der Waals surface area contributed by atoms with Crippen LogP contribution in [0.25, 0.3) is 11.3 Å². The molecule has 2 aliphatic rings. The molecule has 184 valence electrons. The van der Waals surface area contributed by atoms with Crippen LogP contribution in [0.5, 0.6) is 23.0 Å². The van der Waals surface area contributed by atoms with Gasteiger partial charge in [-0.15, -0.1) is 0 Å². The maximum Gasteiger partial charge on any atom is 0.227 e. The molecule has 2 aromatic carbocycles. The lowest BCUT2D eigenvalue weighted by Gasteiger charge is -2.20. The average molecular weight is 477 g/mol. The predicted molar refractivity (Wildman–Crippen MR) is 135 cm³/mol. The van der Waals surface area contributed by atoms with Gasteiger partial charge in [0.15, 0.2) is 11.5 Å². The summed E-state index contributed by atoms with van der Waals surface area (Å²) >= 11 is 0. The van der Waals surface area contributed by atoms with E-state index in [1.54, 1.807) is 21.3 Å². The Hall–Kier alpha value is -3.52. The van der Waals surface area contributed by atoms with Crippen molar-refractivity contribution in [3.05, 3.63) is 47.7 Å². The number of hydrogen-bond acceptors (Lipinski definition) is 8. The SMILES string of the molecule is COc1ccc2c(c1)-c1nc(Nc3cc(OC)c(OCCN4CCCC4)c(OC)c3)ncc1CC2. The van der Waals surface area contributed by atoms with Gasteiger partial charge < -0.3 is 24.3 Å². The van der Waals surface area contributed by atoms with E-state index in [0.29, 0.717) is 29.8 Å². The molecule has 1 aliphatic heterocycles. The van der Waals surface area contributed by atoms with Gasteiger partial charge in [-0.05, 0) is 62.0 Å². The number of methoxy groups -OCH3 is 3. The van der Waals surface area contributed by atoms with Crippen molar-refractivity contribution in [1.29, 1.82) is 0 Å². The van der Waals surface area contributed by atoms with Crippen molar-refractivity contribution in [3.8, 4) is 34.3 Å². The third kappa shape index (κ3) is 4.98. The molecule has 1 fully saturated rings. The number of fused-ring (bicyclic) bond motifs is 3. The van der Waals surface area contributed by atoms with E-state index in [4.69, 9.17) is 23.9 Å². The first-order valence-corrected chi connectivity index (χ1v) is 12.1. The number of aryl methyl sites for hydroxylation is 2. The molecule has 3 aromatic rings. The molecule has 5 rings (SSSR count). The largest absolute Gasteiger partial charge is 0.497 e. The molecule has 8 nitrogen and oxygen atoms in total. The van der Waals surface area contributed by atoms with Crippen LogP contribution in [0.15, 0.2) is 36.5 Å². The van der Waals surface area contributed by atoms with E-state index in [9.17, 15) is 0 Å². The number of benzene rings is 2. The maximum absolute atomic E-state index is 6.09. The van der Waals surface area contributed by atoms with Crippen molar-refractivity contribution < 1.29 is 18.9 Å². The zero-order chi connectivity index (χ0) is 24.2. The standard InChI is InChI=1S/C27H32N4O4/c1-32-21-9-8-18-6-7-19-17-28-27(30-25(19)22(18)16-21)29-20-14-23(33-2)26(24(15-20)34-3)35-13-12-31-10-4-5-11-31/h8-9,14-17H,4-7,10-13H2,1-3H3,(H,28,29,30). The second-order valence-electron chi connectivity index (χ2n) is 8.82. The topological polar surface area (TPSA) is 78.0 Å². The van der Waals surface area contributed by atoms with E-state index in [1.165, 1.54) is 18.4 Å². The van der Waals surface area contributed by atoms with Gasteiger partial charge in [-0.25, -0.2) is 9.97 Å². The first-order chi connectivity index (χ1) is 17.2. The zero-order valence-corrected chi connectivity index (χ0v) is 20.6. The third-order valence-electron chi connectivity index (χ3n) is 6.67. The molecule has 0 atom stereocenters. The summed E-state index contributed by atoms with van der Waals surface area (Å²) in [6.45, 7) is 3.74. The smallest absolute Gasteiger partial charge is 0.227 e. The van der Waals surface area contributed by atoms with Crippen molar-refractivity contribution in [2.24, 2.45) is 0 Å². The van der Waals surface area contributed by atoms with Crippen LogP contribution in [0.2, 0.25) is 0 Å². The molecule has 8 heteroatoms. The highest BCUT2D eigenvalue weighted by Gasteiger charge is 2.21. The van der Waals surface area contributed by atoms with Gasteiger partial charge in [-0.2, -0.15) is 0 Å². The zero-order valence-electron chi connectivity index (χ0n) is 20.6. The molecule has 0 radical (unpaired) electrons. The number of hydrogen-bond donors (Lipinski definition) is 1. The van der Waals surface area contributed by atoms with Gasteiger partial charge in [0.2, 0.25) is 11.7 Å². The number of ether oxygens (including phenoxy) is 4. The van der Waals surface area contributed by atoms with Crippen molar-refractivity contribution >= 4 is 11.6 Å². The molecular weight excluding hydrogens is 444 g/mol. The summed E-state index contributed by atoms with van der Waals surface area (Å²) in [5.41, 5.74) is 5.18. The quantitative estimate of drug-likeness (QED) is 0.484. The minimum absolute atomic E-state index is 0.506. The summed E-state index contributed by atoms with van der Waals surface area (Å²) < 4.78 is 22.8. The van der Waals surface area contributed by atoms with Crippen LogP contribution >= 0.6 is 0 Å². The summed E-state index contributed by atoms with van der Waals surface area (Å²) in [7, 11) is 4.94. The summed E-state index contributed by atoms with van der Waals surface area (Å²) in [5, 5.41) is 3.31. The number of nitrogens with zero attached hydrogens (tertiary/aromatic N) is 3. The van der Waals surface area contributed by atoms with E-state index >= 15 is 0 Å². The first-order valence-electron chi connectivity index (χ1n) is 12.1. The Balaban J connectivity index is 1.38. The van der Waals surface area contributed by atoms with Crippen LogP contribution < -0.4 is 24.3 Å². The fourth-order valence-corrected chi connectivity index (χ4v) is 4.78. The molecule has 1 saturated heterocycles. The van der Waals surface area contributed by atoms with Crippen LogP contribution in [0.1, 0.15) is 24.0 Å². The van der Waals surface area contributed by atoms with Gasteiger partial charge >= 0.3 is 0 Å². The highest BCUT2D eigenvalue weighted by molar-refractivity contribution is 5.73. The highest BCUT2D eigenvalue weighted by Crippen LogP contribution is 2.41. The van der Waals surface area contributed by atoms with Gasteiger partial charge in [0.25, 0.3) is 0 Å². The van der Waals surface area contributed by atoms with Crippen LogP contribution in [0, 0.1) is 0 Å². The lowest BCUT2D eigenvalue weighted by Crippen LogP contribution is -2.25. The van der Waals surface area contributed by atoms with Crippen molar-refractivity contribution in [3.63, 3.8) is 0 Å². The number of likely N-dealkylation sites (tertiary alicyclic amines) is 1. The van der Waals surface area contributed by atoms with Gasteiger partial charge in [0.05, 0.1) is 27.0 Å². The first kappa shape index (κ1) is 23.2. The van der Waals surface area contributed by atoms with Crippen LogP contribution in [0.3, 0.4) is 0 Å². The van der Waals surface area contributed by atoms with Crippen molar-refractivity contribution in [1.82, 2.24) is 14.9 Å². The molecular formula is C27H32N4O4. The summed E-state index contributed by atoms with van der Waals surface area (Å²) in [4.78, 5) is 11.8. The second-order valence-corrected chi connectivity index (χ2v) is 8.82. The van der Waals surface area contributed by atoms with Gasteiger partial charge in [0, 0.05) is 36.1 Å². The third-order valence-corrected chi connectivity index (χ3v) is 6.67. The van der Waals surface area contributed by atoms with Crippen molar-refractivity contribution in [2.45, 2.75) is 25.7 Å². The fourth-order valence-electron chi connectivity index (χ4n) is 4.78. The molecule has 35 heavy (non-hydrogen) atoms. The average Bonchev–Trinajstić information content (AvgIpc) is 3.42. The van der Waals surface area contributed by atoms with E-state index in [-0.39, 0.29) is 0 Å². The number of nitrogens with one attached hydrogen (secondary N) is 1. The Morgan fingerprint density at radius 2 is 1.66 bits per heavy atom. The molecule has 0 amide bonds. The predicted octanol–water partition coefficient (Wildman–Crippen LogP) is 4.49. The Labute approximate surface area is 206 Å². The van der Waals surface area contributed by atoms with E-state index < -0.39 is 0 Å². The van der Waals surface area contributed by atoms with E-state index in [2.05, 4.69) is 21.3 Å². The van der Waals surface area contributed by atoms with Gasteiger partial charge in [-0.1, -0.05) is 6.07 Å². The maximum atomic E-state index is 6.09. The molecule has 2 heterocycles. The minimum Gasteiger partial charge on any atom is -0.497 e. The lowest BCUT2D eigenvalue weighted by atomic mass is 9.90. The van der Waals surface area contributed by atoms with Crippen LogP contribution in [-0.4, -0.2) is 62.4 Å². The molecule has 1 N–H and O–H groups in total. The Kier molecular flexibility index (Phi) is 6.90. The number of aromatic nitrogens is 2. The van der Waals surface area contributed by atoms with Gasteiger partial charge in [0.1, 0.15) is 12.4 Å². The Morgan fingerprint density at radius 1 is 0.914 bits per heavy atom. The molecule has 0 unspecified atom stereocenters. The van der Waals surface area contributed by atoms with Crippen molar-refractivity contribution in [2.75, 3.05) is 52.9 Å². The second kappa shape index (κ2) is 10.4. The van der Waals surface area contributed by atoms with Crippen LogP contribution in [-0.2, 0) is 12.8 Å². The molecule has 1 aromatic heterocycles. The molecule has 0 spiro atoms. The summed E-state index contributed by atoms with van der Waals surface area (Å²) in [5.74, 6) is 3.13. The number of anilines is 2. The molecule has 1 aliphatic carbocycles. The fraction of sp³-hybridized carbons (Fsp3) is 0.407. The van der Waals surface area contributed by atoms with E-state index in [0.717, 1.165) is 60.7 Å². The Bertz CT molecular complexity index is 1170. The Morgan fingerprint density at radius 3 is 2.37 bits per heavy atom. The normalized spacial score (nSPS) is 14.7. The van der Waals surface area contributed by atoms with Crippen LogP contribution in [0.4, 0.5) is 11.6 Å².